The molecular weight excluding hydrogens is 186 g/mol. The molecule has 1 atom stereocenters. The first-order valence-electron chi connectivity index (χ1n) is 6.12. The van der Waals surface area contributed by atoms with E-state index in [-0.39, 0.29) is 6.61 Å². The Balaban J connectivity index is 3.87. The van der Waals surface area contributed by atoms with E-state index in [4.69, 9.17) is 0 Å². The zero-order valence-electron chi connectivity index (χ0n) is 11.3. The monoisotopic (exact) mass is 215 g/mol. The molecule has 0 bridgehead atoms. The van der Waals surface area contributed by atoms with E-state index < -0.39 is 0 Å². The molecule has 0 heterocycles. The molecule has 0 aromatic carbocycles. The van der Waals surface area contributed by atoms with Gasteiger partial charge in [0.15, 0.2) is 0 Å². The highest BCUT2D eigenvalue weighted by molar-refractivity contribution is 4.76. The van der Waals surface area contributed by atoms with Gasteiger partial charge in [0.25, 0.3) is 0 Å². The Kier molecular flexibility index (Phi) is 6.46. The first-order valence-corrected chi connectivity index (χ1v) is 6.12. The van der Waals surface area contributed by atoms with Crippen molar-refractivity contribution in [3.8, 4) is 0 Å². The summed E-state index contributed by atoms with van der Waals surface area (Å²) in [7, 11) is 0. The van der Waals surface area contributed by atoms with E-state index in [1.165, 1.54) is 0 Å². The maximum atomic E-state index is 9.20. The number of rotatable bonds is 7. The number of nitrogens with one attached hydrogen (secondary N) is 1. The van der Waals surface area contributed by atoms with Crippen LogP contribution in [0.4, 0.5) is 0 Å². The molecule has 0 fully saturated rings. The van der Waals surface area contributed by atoms with Gasteiger partial charge in [-0.3, -0.25) is 0 Å². The highest BCUT2D eigenvalue weighted by Gasteiger charge is 2.22. The molecule has 0 aromatic rings. The van der Waals surface area contributed by atoms with Gasteiger partial charge in [-0.15, -0.1) is 0 Å². The van der Waals surface area contributed by atoms with Gasteiger partial charge in [0.05, 0.1) is 0 Å². The van der Waals surface area contributed by atoms with Gasteiger partial charge >= 0.3 is 0 Å². The van der Waals surface area contributed by atoms with Crippen molar-refractivity contribution < 1.29 is 5.11 Å². The summed E-state index contributed by atoms with van der Waals surface area (Å²) in [6.07, 6.45) is 0. The van der Waals surface area contributed by atoms with E-state index in [0.717, 1.165) is 13.1 Å². The largest absolute Gasteiger partial charge is 0.396 e. The number of aliphatic hydroxyl groups is 1. The summed E-state index contributed by atoms with van der Waals surface area (Å²) in [6, 6.07) is 0. The third-order valence-corrected chi connectivity index (χ3v) is 3.73. The van der Waals surface area contributed by atoms with Crippen LogP contribution in [-0.2, 0) is 0 Å². The fourth-order valence-corrected chi connectivity index (χ4v) is 1.29. The quantitative estimate of drug-likeness (QED) is 0.684. The number of hydrogen-bond donors (Lipinski definition) is 2. The molecule has 0 amide bonds. The molecule has 92 valence electrons. The SMILES string of the molecule is CC(C)C(CO)CNCC(C)(C)C(C)C. The fraction of sp³-hybridized carbons (Fsp3) is 1.00. The van der Waals surface area contributed by atoms with Crippen molar-refractivity contribution in [2.75, 3.05) is 19.7 Å². The van der Waals surface area contributed by atoms with E-state index in [2.05, 4.69) is 46.9 Å². The zero-order valence-corrected chi connectivity index (χ0v) is 11.3. The van der Waals surface area contributed by atoms with E-state index >= 15 is 0 Å². The van der Waals surface area contributed by atoms with Crippen LogP contribution < -0.4 is 5.32 Å². The normalized spacial score (nSPS) is 15.0. The number of hydrogen-bond acceptors (Lipinski definition) is 2. The Morgan fingerprint density at radius 3 is 2.00 bits per heavy atom. The molecular formula is C13H29NO. The summed E-state index contributed by atoms with van der Waals surface area (Å²) in [6.45, 7) is 15.6. The average molecular weight is 215 g/mol. The molecule has 0 aliphatic heterocycles. The second kappa shape index (κ2) is 6.49. The van der Waals surface area contributed by atoms with E-state index in [1.807, 2.05) is 0 Å². The van der Waals surface area contributed by atoms with Crippen LogP contribution in [0.15, 0.2) is 0 Å². The van der Waals surface area contributed by atoms with Crippen LogP contribution in [0.3, 0.4) is 0 Å². The van der Waals surface area contributed by atoms with Gasteiger partial charge in [0, 0.05) is 19.7 Å². The van der Waals surface area contributed by atoms with Crippen molar-refractivity contribution >= 4 is 0 Å². The Bertz CT molecular complexity index is 164. The number of aliphatic hydroxyl groups excluding tert-OH is 1. The van der Waals surface area contributed by atoms with Gasteiger partial charge in [-0.05, 0) is 23.2 Å². The van der Waals surface area contributed by atoms with Crippen molar-refractivity contribution in [2.45, 2.75) is 41.5 Å². The summed E-state index contributed by atoms with van der Waals surface area (Å²) in [5.74, 6) is 1.61. The minimum Gasteiger partial charge on any atom is -0.396 e. The average Bonchev–Trinajstić information content (AvgIpc) is 2.11. The van der Waals surface area contributed by atoms with Crippen LogP contribution in [0, 0.1) is 23.2 Å². The highest BCUT2D eigenvalue weighted by Crippen LogP contribution is 2.24. The molecule has 2 N–H and O–H groups in total. The summed E-state index contributed by atoms with van der Waals surface area (Å²) < 4.78 is 0. The smallest absolute Gasteiger partial charge is 0.0473 e. The topological polar surface area (TPSA) is 32.3 Å². The lowest BCUT2D eigenvalue weighted by Gasteiger charge is -2.30. The van der Waals surface area contributed by atoms with Crippen LogP contribution in [0.2, 0.25) is 0 Å². The molecule has 0 saturated carbocycles. The van der Waals surface area contributed by atoms with Gasteiger partial charge in [-0.1, -0.05) is 41.5 Å². The third kappa shape index (κ3) is 5.53. The van der Waals surface area contributed by atoms with Crippen molar-refractivity contribution in [1.29, 1.82) is 0 Å². The van der Waals surface area contributed by atoms with Crippen LogP contribution in [-0.4, -0.2) is 24.8 Å². The minimum atomic E-state index is 0.284. The Hall–Kier alpha value is -0.0800. The van der Waals surface area contributed by atoms with Crippen LogP contribution in [0.5, 0.6) is 0 Å². The maximum absolute atomic E-state index is 9.20. The van der Waals surface area contributed by atoms with E-state index in [1.54, 1.807) is 0 Å². The van der Waals surface area contributed by atoms with Gasteiger partial charge in [-0.25, -0.2) is 0 Å². The molecule has 0 aliphatic carbocycles. The van der Waals surface area contributed by atoms with E-state index in [0.29, 0.717) is 23.2 Å². The van der Waals surface area contributed by atoms with Gasteiger partial charge < -0.3 is 10.4 Å². The second-order valence-electron chi connectivity index (χ2n) is 5.96. The Morgan fingerprint density at radius 2 is 1.67 bits per heavy atom. The van der Waals surface area contributed by atoms with Crippen molar-refractivity contribution in [2.24, 2.45) is 23.2 Å². The van der Waals surface area contributed by atoms with Crippen LogP contribution in [0.1, 0.15) is 41.5 Å². The Labute approximate surface area is 95.5 Å². The molecule has 0 saturated heterocycles. The molecule has 0 aromatic heterocycles. The first-order chi connectivity index (χ1) is 6.81. The lowest BCUT2D eigenvalue weighted by molar-refractivity contribution is 0.173. The summed E-state index contributed by atoms with van der Waals surface area (Å²) in [5, 5.41) is 12.7. The van der Waals surface area contributed by atoms with Gasteiger partial charge in [-0.2, -0.15) is 0 Å². The minimum absolute atomic E-state index is 0.284. The second-order valence-corrected chi connectivity index (χ2v) is 5.96. The molecule has 0 aliphatic rings. The Morgan fingerprint density at radius 1 is 1.13 bits per heavy atom. The lowest BCUT2D eigenvalue weighted by atomic mass is 9.81. The maximum Gasteiger partial charge on any atom is 0.0473 e. The highest BCUT2D eigenvalue weighted by atomic mass is 16.3. The third-order valence-electron chi connectivity index (χ3n) is 3.73. The van der Waals surface area contributed by atoms with Crippen molar-refractivity contribution in [3.63, 3.8) is 0 Å². The molecule has 1 unspecified atom stereocenters. The van der Waals surface area contributed by atoms with E-state index in [9.17, 15) is 5.11 Å². The molecule has 2 heteroatoms. The molecule has 2 nitrogen and oxygen atoms in total. The molecule has 0 rings (SSSR count). The van der Waals surface area contributed by atoms with Crippen molar-refractivity contribution in [1.82, 2.24) is 5.32 Å². The van der Waals surface area contributed by atoms with Crippen LogP contribution >= 0.6 is 0 Å². The van der Waals surface area contributed by atoms with Gasteiger partial charge in [0.1, 0.15) is 0 Å². The molecule has 0 spiro atoms. The lowest BCUT2D eigenvalue weighted by Crippen LogP contribution is -2.37. The first kappa shape index (κ1) is 14.9. The standard InChI is InChI=1S/C13H29NO/c1-10(2)12(8-15)7-14-9-13(5,6)11(3)4/h10-12,14-15H,7-9H2,1-6H3. The summed E-state index contributed by atoms with van der Waals surface area (Å²) in [4.78, 5) is 0. The summed E-state index contributed by atoms with van der Waals surface area (Å²) >= 11 is 0. The molecule has 15 heavy (non-hydrogen) atoms. The van der Waals surface area contributed by atoms with Crippen molar-refractivity contribution in [3.05, 3.63) is 0 Å². The van der Waals surface area contributed by atoms with Crippen LogP contribution in [0.25, 0.3) is 0 Å². The van der Waals surface area contributed by atoms with Gasteiger partial charge in [0.2, 0.25) is 0 Å². The predicted molar refractivity (Wildman–Crippen MR) is 66.9 cm³/mol. The predicted octanol–water partition coefficient (Wildman–Crippen LogP) is 2.52. The zero-order chi connectivity index (χ0) is 12.1. The fourth-order valence-electron chi connectivity index (χ4n) is 1.29. The molecule has 0 radical (unpaired) electrons. The summed E-state index contributed by atoms with van der Waals surface area (Å²) in [5.41, 5.74) is 0.330.